The molecule has 3 rings (SSSR count). The Hall–Kier alpha value is -3.46. The fourth-order valence-corrected chi connectivity index (χ4v) is 4.85. The van der Waals surface area contributed by atoms with E-state index in [2.05, 4.69) is 21.2 Å². The second-order valence-corrected chi connectivity index (χ2v) is 10.6. The maximum atomic E-state index is 15.2. The van der Waals surface area contributed by atoms with Crippen molar-refractivity contribution >= 4 is 55.1 Å². The highest BCUT2D eigenvalue weighted by Crippen LogP contribution is 2.35. The average Bonchev–Trinajstić information content (AvgIpc) is 2.78. The van der Waals surface area contributed by atoms with E-state index in [1.807, 2.05) is 10.8 Å². The number of hydrogen-bond donors (Lipinski definition) is 2. The predicted octanol–water partition coefficient (Wildman–Crippen LogP) is 5.22. The van der Waals surface area contributed by atoms with E-state index in [1.165, 1.54) is 48.5 Å². The lowest BCUT2D eigenvalue weighted by molar-refractivity contribution is -0.117. The maximum Gasteiger partial charge on any atom is 0.264 e. The third-order valence-corrected chi connectivity index (χ3v) is 7.03. The van der Waals surface area contributed by atoms with Gasteiger partial charge in [-0.25, -0.2) is 17.5 Å². The summed E-state index contributed by atoms with van der Waals surface area (Å²) in [7, 11) is -4.03. The minimum absolute atomic E-state index is 0.0377. The number of aryl methyl sites for hydroxylation is 1. The van der Waals surface area contributed by atoms with Crippen LogP contribution in [0, 0.1) is 24.1 Å². The fraction of sp³-hybridized carbons (Fsp3) is 0.125. The molecule has 0 atom stereocenters. The Bertz CT molecular complexity index is 1520. The van der Waals surface area contributed by atoms with Crippen LogP contribution in [0.25, 0.3) is 0 Å². The molecule has 0 spiro atoms. The van der Waals surface area contributed by atoms with Crippen LogP contribution >= 0.6 is 27.5 Å². The molecule has 8 nitrogen and oxygen atoms in total. The van der Waals surface area contributed by atoms with E-state index in [9.17, 15) is 18.0 Å². The number of carbonyl (C=O) groups is 2. The third kappa shape index (κ3) is 6.60. The summed E-state index contributed by atoms with van der Waals surface area (Å²) < 4.78 is 47.3. The van der Waals surface area contributed by atoms with Crippen LogP contribution < -0.4 is 14.8 Å². The lowest BCUT2D eigenvalue weighted by Crippen LogP contribution is -2.28. The molecule has 0 aromatic heterocycles. The van der Waals surface area contributed by atoms with Crippen molar-refractivity contribution in [2.75, 3.05) is 5.32 Å². The van der Waals surface area contributed by atoms with Crippen LogP contribution in [0.4, 0.5) is 10.1 Å². The maximum absolute atomic E-state index is 15.2. The van der Waals surface area contributed by atoms with Gasteiger partial charge >= 0.3 is 0 Å². The highest BCUT2D eigenvalue weighted by Gasteiger charge is 2.19. The first kappa shape index (κ1) is 27.1. The van der Waals surface area contributed by atoms with Gasteiger partial charge in [0.15, 0.2) is 11.6 Å². The van der Waals surface area contributed by atoms with Crippen molar-refractivity contribution in [2.45, 2.75) is 25.2 Å². The topological polar surface area (TPSA) is 125 Å². The van der Waals surface area contributed by atoms with Crippen molar-refractivity contribution in [3.05, 3.63) is 80.5 Å². The third-order valence-electron chi connectivity index (χ3n) is 4.76. The summed E-state index contributed by atoms with van der Waals surface area (Å²) in [5.74, 6) is -2.12. The van der Waals surface area contributed by atoms with E-state index in [-0.39, 0.29) is 43.4 Å². The standard InChI is InChI=1S/C24H18BrClFN3O5S/c1-13-7-19(36(33,34)30-14(2)31)4-6-21(13)29-22(32)10-16-3-5-20(25)24(23(16)27)35-18-9-15(12-28)8-17(26)11-18/h3-9,11H,10H2,1-2H3,(H,29,32)(H,30,31). The van der Waals surface area contributed by atoms with Crippen LogP contribution in [-0.2, 0) is 26.0 Å². The number of sulfonamides is 1. The Balaban J connectivity index is 1.79. The smallest absolute Gasteiger partial charge is 0.264 e. The normalized spacial score (nSPS) is 10.9. The molecule has 0 heterocycles. The molecule has 0 radical (unpaired) electrons. The predicted molar refractivity (Wildman–Crippen MR) is 135 cm³/mol. The fourth-order valence-electron chi connectivity index (χ4n) is 3.17. The number of amides is 2. The number of carbonyl (C=O) groups excluding carboxylic acids is 2. The monoisotopic (exact) mass is 593 g/mol. The summed E-state index contributed by atoms with van der Waals surface area (Å²) in [4.78, 5) is 23.6. The average molecular weight is 595 g/mol. The summed E-state index contributed by atoms with van der Waals surface area (Å²) >= 11 is 9.20. The van der Waals surface area contributed by atoms with Crippen LogP contribution in [0.2, 0.25) is 5.02 Å². The Morgan fingerprint density at radius 2 is 1.89 bits per heavy atom. The van der Waals surface area contributed by atoms with Gasteiger partial charge in [-0.15, -0.1) is 0 Å². The number of nitriles is 1. The van der Waals surface area contributed by atoms with Gasteiger partial charge in [0.1, 0.15) is 5.75 Å². The molecular formula is C24H18BrClFN3O5S. The second kappa shape index (κ2) is 11.1. The van der Waals surface area contributed by atoms with Gasteiger partial charge in [-0.3, -0.25) is 9.59 Å². The summed E-state index contributed by atoms with van der Waals surface area (Å²) in [6.45, 7) is 2.66. The van der Waals surface area contributed by atoms with E-state index >= 15 is 4.39 Å². The van der Waals surface area contributed by atoms with Crippen molar-refractivity contribution in [1.29, 1.82) is 5.26 Å². The largest absolute Gasteiger partial charge is 0.453 e. The van der Waals surface area contributed by atoms with Gasteiger partial charge in [0, 0.05) is 23.2 Å². The molecule has 0 bridgehead atoms. The minimum Gasteiger partial charge on any atom is -0.453 e. The van der Waals surface area contributed by atoms with Crippen LogP contribution in [0.5, 0.6) is 11.5 Å². The second-order valence-electron chi connectivity index (χ2n) is 7.60. The number of halogens is 3. The van der Waals surface area contributed by atoms with Gasteiger partial charge in [-0.2, -0.15) is 5.26 Å². The number of ether oxygens (including phenoxy) is 1. The van der Waals surface area contributed by atoms with E-state index in [4.69, 9.17) is 21.6 Å². The highest BCUT2D eigenvalue weighted by molar-refractivity contribution is 9.10. The molecule has 12 heteroatoms. The molecule has 0 fully saturated rings. The summed E-state index contributed by atoms with van der Waals surface area (Å²) in [5.41, 5.74) is 1.01. The molecule has 3 aromatic rings. The van der Waals surface area contributed by atoms with Crippen LogP contribution in [0.1, 0.15) is 23.6 Å². The molecule has 0 saturated heterocycles. The number of rotatable bonds is 7. The summed E-state index contributed by atoms with van der Waals surface area (Å²) in [6, 6.07) is 13.0. The number of nitrogens with zero attached hydrogens (tertiary/aromatic N) is 1. The number of anilines is 1. The van der Waals surface area contributed by atoms with Crippen molar-refractivity contribution in [3.63, 3.8) is 0 Å². The first-order valence-electron chi connectivity index (χ1n) is 10.2. The lowest BCUT2D eigenvalue weighted by atomic mass is 10.1. The first-order chi connectivity index (χ1) is 16.9. The zero-order valence-corrected chi connectivity index (χ0v) is 22.0. The van der Waals surface area contributed by atoms with Crippen LogP contribution in [0.15, 0.2) is 57.9 Å². The molecule has 2 amide bonds. The molecule has 0 saturated carbocycles. The molecule has 0 aliphatic heterocycles. The lowest BCUT2D eigenvalue weighted by Gasteiger charge is -2.14. The van der Waals surface area contributed by atoms with Gasteiger partial charge in [-0.1, -0.05) is 17.7 Å². The van der Waals surface area contributed by atoms with Crippen LogP contribution in [-0.4, -0.2) is 20.2 Å². The van der Waals surface area contributed by atoms with Crippen molar-refractivity contribution in [2.24, 2.45) is 0 Å². The zero-order chi connectivity index (χ0) is 26.6. The van der Waals surface area contributed by atoms with Gasteiger partial charge in [0.25, 0.3) is 10.0 Å². The summed E-state index contributed by atoms with van der Waals surface area (Å²) in [6.07, 6.45) is -0.347. The molecule has 0 aliphatic rings. The number of nitrogens with one attached hydrogen (secondary N) is 2. The Morgan fingerprint density at radius 3 is 2.53 bits per heavy atom. The van der Waals surface area contributed by atoms with Crippen molar-refractivity contribution in [1.82, 2.24) is 4.72 Å². The zero-order valence-electron chi connectivity index (χ0n) is 18.9. The highest BCUT2D eigenvalue weighted by atomic mass is 79.9. The van der Waals surface area contributed by atoms with Gasteiger partial charge in [0.05, 0.1) is 27.4 Å². The Kier molecular flexibility index (Phi) is 8.35. The quantitative estimate of drug-likeness (QED) is 0.386. The van der Waals surface area contributed by atoms with Crippen molar-refractivity contribution in [3.8, 4) is 17.6 Å². The van der Waals surface area contributed by atoms with E-state index in [1.54, 1.807) is 6.92 Å². The molecule has 186 valence electrons. The van der Waals surface area contributed by atoms with Gasteiger partial charge in [0.2, 0.25) is 11.8 Å². The Labute approximate surface area is 220 Å². The first-order valence-corrected chi connectivity index (χ1v) is 12.8. The van der Waals surface area contributed by atoms with E-state index < -0.39 is 27.7 Å². The van der Waals surface area contributed by atoms with E-state index in [0.29, 0.717) is 11.3 Å². The van der Waals surface area contributed by atoms with E-state index in [0.717, 1.165) is 6.92 Å². The molecule has 36 heavy (non-hydrogen) atoms. The van der Waals surface area contributed by atoms with Gasteiger partial charge < -0.3 is 10.1 Å². The molecule has 3 aromatic carbocycles. The molecule has 2 N–H and O–H groups in total. The number of hydrogen-bond acceptors (Lipinski definition) is 6. The SMILES string of the molecule is CC(=O)NS(=O)(=O)c1ccc(NC(=O)Cc2ccc(Br)c(Oc3cc(Cl)cc(C#N)c3)c2F)c(C)c1. The van der Waals surface area contributed by atoms with Crippen molar-refractivity contribution < 1.29 is 27.1 Å². The van der Waals surface area contributed by atoms with Gasteiger partial charge in [-0.05, 0) is 70.9 Å². The molecule has 0 aliphatic carbocycles. The summed E-state index contributed by atoms with van der Waals surface area (Å²) in [5, 5.41) is 12.0. The van der Waals surface area contributed by atoms with Crippen LogP contribution in [0.3, 0.4) is 0 Å². The minimum atomic E-state index is -4.03. The number of benzene rings is 3. The molecule has 0 unspecified atom stereocenters. The molecular weight excluding hydrogens is 577 g/mol. The Morgan fingerprint density at radius 1 is 1.17 bits per heavy atom.